The second-order valence-corrected chi connectivity index (χ2v) is 8.87. The lowest BCUT2D eigenvalue weighted by molar-refractivity contribution is -0.139. The normalized spacial score (nSPS) is 16.1. The van der Waals surface area contributed by atoms with Crippen molar-refractivity contribution < 1.29 is 9.59 Å². The van der Waals surface area contributed by atoms with Crippen LogP contribution in [0.1, 0.15) is 76.1 Å². The quantitative estimate of drug-likeness (QED) is 0.465. The number of unbranched alkanes of at least 4 members (excludes halogenated alkanes) is 2. The third-order valence-corrected chi connectivity index (χ3v) is 6.28. The number of benzene rings is 1. The van der Waals surface area contributed by atoms with E-state index in [9.17, 15) is 9.59 Å². The molecule has 0 saturated carbocycles. The first-order valence-electron chi connectivity index (χ1n) is 10.8. The highest BCUT2D eigenvalue weighted by Gasteiger charge is 2.31. The van der Waals surface area contributed by atoms with Gasteiger partial charge in [0.15, 0.2) is 0 Å². The van der Waals surface area contributed by atoms with E-state index in [0.29, 0.717) is 30.6 Å². The number of piperidine rings is 1. The fraction of sp³-hybridized carbons (Fsp3) is 0.652. The van der Waals surface area contributed by atoms with Crippen LogP contribution in [0.3, 0.4) is 0 Å². The molecule has 2 rings (SSSR count). The van der Waals surface area contributed by atoms with Gasteiger partial charge in [0.2, 0.25) is 5.91 Å². The van der Waals surface area contributed by atoms with E-state index < -0.39 is 0 Å². The smallest absolute Gasteiger partial charge is 0.253 e. The Morgan fingerprint density at radius 2 is 1.75 bits per heavy atom. The van der Waals surface area contributed by atoms with E-state index >= 15 is 0 Å². The highest BCUT2D eigenvalue weighted by molar-refractivity contribution is 9.10. The van der Waals surface area contributed by atoms with Gasteiger partial charge in [-0.3, -0.25) is 9.59 Å². The van der Waals surface area contributed by atoms with Gasteiger partial charge in [-0.05, 0) is 56.9 Å². The number of rotatable bonds is 9. The van der Waals surface area contributed by atoms with E-state index in [1.807, 2.05) is 29.2 Å². The Kier molecular flexibility index (Phi) is 9.49. The number of amides is 2. The first-order chi connectivity index (χ1) is 13.5. The minimum Gasteiger partial charge on any atom is -0.340 e. The van der Waals surface area contributed by atoms with Crippen LogP contribution in [0, 0.1) is 5.92 Å². The number of hydrogen-bond donors (Lipinski definition) is 0. The lowest BCUT2D eigenvalue weighted by Crippen LogP contribution is -2.47. The average Bonchev–Trinajstić information content (AvgIpc) is 2.71. The lowest BCUT2D eigenvalue weighted by Gasteiger charge is -2.37. The van der Waals surface area contributed by atoms with Gasteiger partial charge < -0.3 is 9.80 Å². The molecular weight excluding hydrogens is 416 g/mol. The zero-order chi connectivity index (χ0) is 20.5. The Morgan fingerprint density at radius 1 is 1.11 bits per heavy atom. The highest BCUT2D eigenvalue weighted by Crippen LogP contribution is 2.24. The van der Waals surface area contributed by atoms with Crippen LogP contribution >= 0.6 is 15.9 Å². The lowest BCUT2D eigenvalue weighted by atomic mass is 9.93. The summed E-state index contributed by atoms with van der Waals surface area (Å²) in [6.07, 6.45) is 7.10. The van der Waals surface area contributed by atoms with E-state index in [1.54, 1.807) is 0 Å². The fourth-order valence-electron chi connectivity index (χ4n) is 3.99. The highest BCUT2D eigenvalue weighted by atomic mass is 79.9. The summed E-state index contributed by atoms with van der Waals surface area (Å²) in [5.41, 5.74) is 0.714. The van der Waals surface area contributed by atoms with Gasteiger partial charge >= 0.3 is 0 Å². The number of hydrogen-bond acceptors (Lipinski definition) is 2. The summed E-state index contributed by atoms with van der Waals surface area (Å²) in [5, 5.41) is 0. The first-order valence-corrected chi connectivity index (χ1v) is 11.6. The van der Waals surface area contributed by atoms with Crippen molar-refractivity contribution in [1.82, 2.24) is 9.80 Å². The molecule has 0 aromatic heterocycles. The first kappa shape index (κ1) is 22.9. The number of carbonyl (C=O) groups is 2. The van der Waals surface area contributed by atoms with Crippen molar-refractivity contribution in [3.63, 3.8) is 0 Å². The molecule has 0 N–H and O–H groups in total. The molecule has 1 fully saturated rings. The zero-order valence-electron chi connectivity index (χ0n) is 17.6. The molecule has 1 aliphatic rings. The van der Waals surface area contributed by atoms with Crippen molar-refractivity contribution in [2.24, 2.45) is 5.92 Å². The van der Waals surface area contributed by atoms with Gasteiger partial charge in [0.25, 0.3) is 5.91 Å². The van der Waals surface area contributed by atoms with Gasteiger partial charge in [-0.1, -0.05) is 49.0 Å². The number of likely N-dealkylation sites (tertiary alicyclic amines) is 1. The number of carbonyl (C=O) groups excluding carboxylic acids is 2. The summed E-state index contributed by atoms with van der Waals surface area (Å²) in [6.45, 7) is 8.75. The number of nitrogens with zero attached hydrogens (tertiary/aromatic N) is 2. The predicted octanol–water partition coefficient (Wildman–Crippen LogP) is 5.51. The van der Waals surface area contributed by atoms with Crippen LogP contribution in [0.15, 0.2) is 28.7 Å². The fourth-order valence-corrected chi connectivity index (χ4v) is 4.26. The van der Waals surface area contributed by atoms with Crippen LogP contribution < -0.4 is 0 Å². The zero-order valence-corrected chi connectivity index (χ0v) is 19.2. The maximum atomic E-state index is 13.2. The molecule has 0 aliphatic carbocycles. The van der Waals surface area contributed by atoms with E-state index in [0.717, 1.165) is 43.1 Å². The largest absolute Gasteiger partial charge is 0.340 e. The summed E-state index contributed by atoms with van der Waals surface area (Å²) < 4.78 is 0.970. The molecular formula is C23H35BrN2O2. The van der Waals surface area contributed by atoms with Crippen molar-refractivity contribution >= 4 is 27.7 Å². The summed E-state index contributed by atoms with van der Waals surface area (Å²) in [6, 6.07) is 7.80. The molecule has 4 nitrogen and oxygen atoms in total. The summed E-state index contributed by atoms with van der Waals surface area (Å²) >= 11 is 3.41. The monoisotopic (exact) mass is 450 g/mol. The predicted molar refractivity (Wildman–Crippen MR) is 118 cm³/mol. The van der Waals surface area contributed by atoms with Crippen LogP contribution in [0.5, 0.6) is 0 Å². The van der Waals surface area contributed by atoms with Gasteiger partial charge in [-0.25, -0.2) is 0 Å². The topological polar surface area (TPSA) is 40.6 Å². The van der Waals surface area contributed by atoms with Crippen LogP contribution in [0.2, 0.25) is 0 Å². The molecule has 0 bridgehead atoms. The molecule has 1 saturated heterocycles. The molecule has 2 amide bonds. The van der Waals surface area contributed by atoms with Gasteiger partial charge in [-0.2, -0.15) is 0 Å². The Balaban J connectivity index is 1.94. The van der Waals surface area contributed by atoms with Crippen molar-refractivity contribution in [1.29, 1.82) is 0 Å². The van der Waals surface area contributed by atoms with Crippen molar-refractivity contribution in [2.75, 3.05) is 19.6 Å². The summed E-state index contributed by atoms with van der Waals surface area (Å²) in [4.78, 5) is 29.9. The molecule has 1 unspecified atom stereocenters. The van der Waals surface area contributed by atoms with E-state index in [2.05, 4.69) is 41.6 Å². The van der Waals surface area contributed by atoms with E-state index in [4.69, 9.17) is 0 Å². The molecule has 1 aromatic rings. The molecule has 0 radical (unpaired) electrons. The molecule has 5 heteroatoms. The average molecular weight is 451 g/mol. The van der Waals surface area contributed by atoms with Crippen molar-refractivity contribution in [2.45, 2.75) is 71.8 Å². The molecule has 1 aromatic carbocycles. The third kappa shape index (κ3) is 6.33. The molecule has 0 spiro atoms. The molecule has 1 aliphatic heterocycles. The second kappa shape index (κ2) is 11.6. The van der Waals surface area contributed by atoms with Gasteiger partial charge in [0, 0.05) is 41.6 Å². The molecule has 156 valence electrons. The van der Waals surface area contributed by atoms with E-state index in [1.165, 1.54) is 12.8 Å². The number of halogens is 1. The summed E-state index contributed by atoms with van der Waals surface area (Å²) in [5.74, 6) is 0.417. The second-order valence-electron chi connectivity index (χ2n) is 7.95. The Bertz CT molecular complexity index is 624. The van der Waals surface area contributed by atoms with Crippen molar-refractivity contribution in [3.05, 3.63) is 34.3 Å². The van der Waals surface area contributed by atoms with Crippen LogP contribution in [0.25, 0.3) is 0 Å². The van der Waals surface area contributed by atoms with E-state index in [-0.39, 0.29) is 11.8 Å². The van der Waals surface area contributed by atoms with Crippen LogP contribution in [-0.4, -0.2) is 47.3 Å². The van der Waals surface area contributed by atoms with Gasteiger partial charge in [-0.15, -0.1) is 0 Å². The molecule has 1 heterocycles. The van der Waals surface area contributed by atoms with Gasteiger partial charge in [0.05, 0.1) is 0 Å². The Labute approximate surface area is 178 Å². The Morgan fingerprint density at radius 3 is 2.32 bits per heavy atom. The minimum absolute atomic E-state index is 0.0508. The third-order valence-electron chi connectivity index (χ3n) is 5.75. The van der Waals surface area contributed by atoms with Crippen molar-refractivity contribution in [3.8, 4) is 0 Å². The van der Waals surface area contributed by atoms with Crippen LogP contribution in [-0.2, 0) is 4.79 Å². The minimum atomic E-state index is 0.0508. The molecule has 1 atom stereocenters. The van der Waals surface area contributed by atoms with Gasteiger partial charge in [0.1, 0.15) is 0 Å². The summed E-state index contributed by atoms with van der Waals surface area (Å²) in [7, 11) is 0. The standard InChI is InChI=1S/C23H35BrN2O2/c1-4-6-7-15-26(18(3)8-5-2)23(28)20-13-16-25(17-14-20)22(27)19-9-11-21(24)12-10-19/h9-12,18,20H,4-8,13-17H2,1-3H3. The Hall–Kier alpha value is -1.36. The maximum absolute atomic E-state index is 13.2. The molecule has 28 heavy (non-hydrogen) atoms. The van der Waals surface area contributed by atoms with Crippen LogP contribution in [0.4, 0.5) is 0 Å². The maximum Gasteiger partial charge on any atom is 0.253 e. The SMILES string of the molecule is CCCCCN(C(=O)C1CCN(C(=O)c2ccc(Br)cc2)CC1)C(C)CCC.